The Morgan fingerprint density at radius 3 is 2.12 bits per heavy atom. The Bertz CT molecular complexity index is 745. The van der Waals surface area contributed by atoms with Gasteiger partial charge < -0.3 is 14.2 Å². The molecule has 0 aromatic heterocycles. The van der Waals surface area contributed by atoms with Gasteiger partial charge in [-0.05, 0) is 17.7 Å². The van der Waals surface area contributed by atoms with Crippen LogP contribution in [0.5, 0.6) is 11.5 Å². The lowest BCUT2D eigenvalue weighted by molar-refractivity contribution is -0.123. The van der Waals surface area contributed by atoms with Crippen molar-refractivity contribution in [2.75, 3.05) is 21.3 Å². The smallest absolute Gasteiger partial charge is 0.342 e. The molecule has 126 valence electrons. The molecule has 1 aromatic rings. The molecule has 0 unspecified atom stereocenters. The molecule has 0 radical (unpaired) electrons. The second-order valence-corrected chi connectivity index (χ2v) is 4.55. The lowest BCUT2D eigenvalue weighted by Crippen LogP contribution is -2.51. The zero-order chi connectivity index (χ0) is 17.9. The van der Waals surface area contributed by atoms with E-state index in [1.807, 2.05) is 10.6 Å². The van der Waals surface area contributed by atoms with Gasteiger partial charge in [0.1, 0.15) is 11.1 Å². The van der Waals surface area contributed by atoms with Crippen LogP contribution < -0.4 is 20.1 Å². The molecule has 4 amide bonds. The minimum atomic E-state index is -0.914. The van der Waals surface area contributed by atoms with Gasteiger partial charge >= 0.3 is 12.0 Å². The summed E-state index contributed by atoms with van der Waals surface area (Å²) >= 11 is 0. The van der Waals surface area contributed by atoms with E-state index in [4.69, 9.17) is 14.2 Å². The fourth-order valence-electron chi connectivity index (χ4n) is 2.14. The zero-order valence-electron chi connectivity index (χ0n) is 13.1. The molecule has 1 aliphatic rings. The topological polar surface area (TPSA) is 120 Å². The average Bonchev–Trinajstić information content (AvgIpc) is 2.56. The summed E-state index contributed by atoms with van der Waals surface area (Å²) in [5, 5.41) is 3.89. The van der Waals surface area contributed by atoms with Crippen molar-refractivity contribution in [3.8, 4) is 11.5 Å². The van der Waals surface area contributed by atoms with Gasteiger partial charge in [-0.2, -0.15) is 0 Å². The van der Waals surface area contributed by atoms with Crippen LogP contribution in [0.4, 0.5) is 4.79 Å². The molecule has 0 spiro atoms. The Morgan fingerprint density at radius 1 is 1.00 bits per heavy atom. The van der Waals surface area contributed by atoms with Crippen LogP contribution in [0.25, 0.3) is 6.08 Å². The molecule has 2 rings (SSSR count). The average molecular weight is 334 g/mol. The van der Waals surface area contributed by atoms with Crippen LogP contribution in [0.2, 0.25) is 0 Å². The monoisotopic (exact) mass is 334 g/mol. The number of imide groups is 2. The van der Waals surface area contributed by atoms with Crippen molar-refractivity contribution in [1.29, 1.82) is 0 Å². The normalized spacial score (nSPS) is 13.8. The molecule has 2 N–H and O–H groups in total. The summed E-state index contributed by atoms with van der Waals surface area (Å²) in [7, 11) is 3.90. The van der Waals surface area contributed by atoms with Crippen molar-refractivity contribution in [3.63, 3.8) is 0 Å². The molecule has 0 saturated carbocycles. The molecule has 1 aliphatic heterocycles. The van der Waals surface area contributed by atoms with E-state index in [1.165, 1.54) is 33.5 Å². The first-order chi connectivity index (χ1) is 11.4. The first-order valence-corrected chi connectivity index (χ1v) is 6.64. The van der Waals surface area contributed by atoms with Gasteiger partial charge in [-0.1, -0.05) is 6.07 Å². The highest BCUT2D eigenvalue weighted by Crippen LogP contribution is 2.35. The van der Waals surface area contributed by atoms with E-state index in [2.05, 4.69) is 0 Å². The van der Waals surface area contributed by atoms with E-state index in [0.717, 1.165) is 6.08 Å². The van der Waals surface area contributed by atoms with E-state index in [9.17, 15) is 19.2 Å². The summed E-state index contributed by atoms with van der Waals surface area (Å²) in [4.78, 5) is 46.8. The standard InChI is InChI=1S/C15H14N2O7/c1-22-9-5-4-7(10(11(9)23-2)14(20)24-3)6-8-12(18)16-15(21)17-13(8)19/h4-6H,1-3H3,(H2,16,17,18,19,21). The van der Waals surface area contributed by atoms with Crippen molar-refractivity contribution < 1.29 is 33.4 Å². The predicted octanol–water partition coefficient (Wildman–Crippen LogP) is 0.240. The minimum Gasteiger partial charge on any atom is -0.493 e. The molecule has 1 saturated heterocycles. The first-order valence-electron chi connectivity index (χ1n) is 6.64. The molecule has 9 nitrogen and oxygen atoms in total. The number of nitrogens with one attached hydrogen (secondary N) is 2. The Hall–Kier alpha value is -3.36. The molecular weight excluding hydrogens is 320 g/mol. The van der Waals surface area contributed by atoms with Gasteiger partial charge in [0.05, 0.1) is 21.3 Å². The third-order valence-corrected chi connectivity index (χ3v) is 3.21. The summed E-state index contributed by atoms with van der Waals surface area (Å²) in [5.74, 6) is -2.15. The van der Waals surface area contributed by atoms with Crippen LogP contribution in [0.1, 0.15) is 15.9 Å². The summed E-state index contributed by atoms with van der Waals surface area (Å²) in [6.07, 6.45) is 1.16. The van der Waals surface area contributed by atoms with Crippen LogP contribution in [0.3, 0.4) is 0 Å². The highest BCUT2D eigenvalue weighted by molar-refractivity contribution is 6.31. The number of urea groups is 1. The lowest BCUT2D eigenvalue weighted by Gasteiger charge is -2.16. The van der Waals surface area contributed by atoms with Gasteiger partial charge in [-0.3, -0.25) is 20.2 Å². The van der Waals surface area contributed by atoms with Crippen molar-refractivity contribution >= 4 is 29.9 Å². The molecule has 24 heavy (non-hydrogen) atoms. The molecule has 0 atom stereocenters. The second kappa shape index (κ2) is 6.82. The van der Waals surface area contributed by atoms with Crippen molar-refractivity contribution in [1.82, 2.24) is 10.6 Å². The Balaban J connectivity index is 2.64. The van der Waals surface area contributed by atoms with E-state index >= 15 is 0 Å². The molecule has 1 aromatic carbocycles. The highest BCUT2D eigenvalue weighted by atomic mass is 16.5. The van der Waals surface area contributed by atoms with Crippen LogP contribution in [-0.2, 0) is 14.3 Å². The minimum absolute atomic E-state index is 0.0237. The fourth-order valence-corrected chi connectivity index (χ4v) is 2.14. The van der Waals surface area contributed by atoms with Gasteiger partial charge in [-0.25, -0.2) is 9.59 Å². The summed E-state index contributed by atoms with van der Waals surface area (Å²) in [5.41, 5.74) is -0.175. The Labute approximate surface area is 136 Å². The van der Waals surface area contributed by atoms with Crippen molar-refractivity contribution in [2.45, 2.75) is 0 Å². The lowest BCUT2D eigenvalue weighted by atomic mass is 10.0. The molecule has 9 heteroatoms. The van der Waals surface area contributed by atoms with Crippen LogP contribution in [0.15, 0.2) is 17.7 Å². The first kappa shape index (κ1) is 17.0. The van der Waals surface area contributed by atoms with Crippen molar-refractivity contribution in [3.05, 3.63) is 28.8 Å². The number of amides is 4. The van der Waals surface area contributed by atoms with Gasteiger partial charge in [0.25, 0.3) is 11.8 Å². The van der Waals surface area contributed by atoms with Crippen molar-refractivity contribution in [2.24, 2.45) is 0 Å². The Kier molecular flexibility index (Phi) is 4.83. The van der Waals surface area contributed by atoms with E-state index in [-0.39, 0.29) is 28.2 Å². The molecule has 1 fully saturated rings. The van der Waals surface area contributed by atoms with Crippen LogP contribution in [-0.4, -0.2) is 45.1 Å². The summed E-state index contributed by atoms with van der Waals surface area (Å²) in [6.45, 7) is 0. The number of ether oxygens (including phenoxy) is 3. The number of rotatable bonds is 4. The SMILES string of the molecule is COC(=O)c1c(C=C2C(=O)NC(=O)NC2=O)ccc(OC)c1OC. The number of barbiturate groups is 1. The molecule has 0 aliphatic carbocycles. The van der Waals surface area contributed by atoms with E-state index in [1.54, 1.807) is 0 Å². The van der Waals surface area contributed by atoms with E-state index in [0.29, 0.717) is 0 Å². The maximum Gasteiger partial charge on any atom is 0.342 e. The van der Waals surface area contributed by atoms with E-state index < -0.39 is 23.8 Å². The predicted molar refractivity (Wildman–Crippen MR) is 80.5 cm³/mol. The van der Waals surface area contributed by atoms with Gasteiger partial charge in [0.2, 0.25) is 0 Å². The largest absolute Gasteiger partial charge is 0.493 e. The third kappa shape index (κ3) is 3.05. The summed E-state index contributed by atoms with van der Waals surface area (Å²) in [6, 6.07) is 2.04. The van der Waals surface area contributed by atoms with Crippen LogP contribution >= 0.6 is 0 Å². The number of hydrogen-bond donors (Lipinski definition) is 2. The summed E-state index contributed by atoms with van der Waals surface area (Å²) < 4.78 is 15.0. The number of esters is 1. The maximum absolute atomic E-state index is 12.1. The number of methoxy groups -OCH3 is 3. The molecule has 1 heterocycles. The quantitative estimate of drug-likeness (QED) is 0.460. The van der Waals surface area contributed by atoms with Gasteiger partial charge in [-0.15, -0.1) is 0 Å². The number of hydrogen-bond acceptors (Lipinski definition) is 7. The van der Waals surface area contributed by atoms with Gasteiger partial charge in [0.15, 0.2) is 11.5 Å². The highest BCUT2D eigenvalue weighted by Gasteiger charge is 2.29. The number of carbonyl (C=O) groups excluding carboxylic acids is 4. The van der Waals surface area contributed by atoms with Gasteiger partial charge in [0, 0.05) is 0 Å². The fraction of sp³-hybridized carbons (Fsp3) is 0.200. The van der Waals surface area contributed by atoms with Crippen LogP contribution in [0, 0.1) is 0 Å². The maximum atomic E-state index is 12.1. The third-order valence-electron chi connectivity index (χ3n) is 3.21. The number of carbonyl (C=O) groups is 4. The molecular formula is C15H14N2O7. The number of benzene rings is 1. The second-order valence-electron chi connectivity index (χ2n) is 4.55. The Morgan fingerprint density at radius 2 is 1.62 bits per heavy atom. The molecule has 0 bridgehead atoms. The zero-order valence-corrected chi connectivity index (χ0v) is 13.1.